The number of imidazole rings is 1. The molecule has 0 bridgehead atoms. The minimum Gasteiger partial charge on any atom is -1.00 e. The van der Waals surface area contributed by atoms with E-state index in [1.165, 1.54) is 38.5 Å². The van der Waals surface area contributed by atoms with Crippen LogP contribution in [0, 0.1) is 0 Å². The van der Waals surface area contributed by atoms with Crippen LogP contribution in [-0.2, 0) is 29.0 Å². The Balaban J connectivity index is 0.00000361. The minimum absolute atomic E-state index is 0. The highest BCUT2D eigenvalue weighted by Gasteiger charge is 2.14. The lowest BCUT2D eigenvalue weighted by Crippen LogP contribution is -3.00. The van der Waals surface area contributed by atoms with Crippen LogP contribution in [0.3, 0.4) is 0 Å². The number of halogens is 1. The van der Waals surface area contributed by atoms with Crippen molar-refractivity contribution >= 4 is 5.97 Å². The van der Waals surface area contributed by atoms with Gasteiger partial charge in [-0.05, 0) is 19.8 Å². The van der Waals surface area contributed by atoms with Gasteiger partial charge in [0.2, 0.25) is 6.33 Å². The molecule has 1 heterocycles. The molecule has 4 nitrogen and oxygen atoms in total. The van der Waals surface area contributed by atoms with Crippen LogP contribution in [0.1, 0.15) is 51.6 Å². The number of esters is 1. The van der Waals surface area contributed by atoms with E-state index in [4.69, 9.17) is 4.74 Å². The summed E-state index contributed by atoms with van der Waals surface area (Å²) in [6, 6.07) is 0. The summed E-state index contributed by atoms with van der Waals surface area (Å²) in [5, 5.41) is 0. The van der Waals surface area contributed by atoms with Crippen LogP contribution in [0.25, 0.3) is 0 Å². The molecule has 0 spiro atoms. The second-order valence-corrected chi connectivity index (χ2v) is 4.90. The lowest BCUT2D eigenvalue weighted by Gasteiger charge is -2.01. The summed E-state index contributed by atoms with van der Waals surface area (Å²) in [4.78, 5) is 11.2. The Morgan fingerprint density at radius 2 is 2.05 bits per heavy atom. The number of carbonyl (C=O) groups is 1. The summed E-state index contributed by atoms with van der Waals surface area (Å²) in [5.41, 5.74) is 1.23. The predicted molar refractivity (Wildman–Crippen MR) is 74.8 cm³/mol. The average Bonchev–Trinajstić information content (AvgIpc) is 2.83. The molecule has 0 fully saturated rings. The number of unbranched alkanes of at least 4 members (excludes halogenated alkanes) is 3. The van der Waals surface area contributed by atoms with Gasteiger partial charge in [0.05, 0.1) is 26.6 Å². The Bertz CT molecular complexity index is 391. The largest absolute Gasteiger partial charge is 1.00 e. The number of hydrogen-bond donors (Lipinski definition) is 0. The van der Waals surface area contributed by atoms with Gasteiger partial charge in [-0.2, -0.15) is 0 Å². The smallest absolute Gasteiger partial charge is 0.305 e. The van der Waals surface area contributed by atoms with Gasteiger partial charge in [0, 0.05) is 6.42 Å². The molecule has 0 saturated heterocycles. The monoisotopic (exact) mass is 346 g/mol. The third-order valence-electron chi connectivity index (χ3n) is 3.40. The molecule has 0 radical (unpaired) electrons. The van der Waals surface area contributed by atoms with E-state index >= 15 is 0 Å². The van der Waals surface area contributed by atoms with Gasteiger partial charge in [0.15, 0.2) is 0 Å². The average molecular weight is 347 g/mol. The van der Waals surface area contributed by atoms with Crippen molar-refractivity contribution in [3.63, 3.8) is 0 Å². The molecule has 0 amide bonds. The van der Waals surface area contributed by atoms with E-state index in [0.29, 0.717) is 6.42 Å². The molecule has 0 saturated carbocycles. The number of rotatable bonds is 9. The van der Waals surface area contributed by atoms with Gasteiger partial charge in [-0.15, -0.1) is 0 Å². The molecule has 0 aliphatic rings. The molecule has 1 aromatic rings. The first-order valence-corrected chi connectivity index (χ1v) is 7.36. The van der Waals surface area contributed by atoms with Crippen molar-refractivity contribution in [2.45, 2.75) is 65.5 Å². The summed E-state index contributed by atoms with van der Waals surface area (Å²) in [7, 11) is 1.44. The number of aromatic nitrogens is 2. The van der Waals surface area contributed by atoms with Crippen LogP contribution < -0.4 is 21.5 Å². The van der Waals surface area contributed by atoms with Gasteiger partial charge in [0.25, 0.3) is 0 Å². The number of nitrogens with zero attached hydrogens (tertiary/aromatic N) is 2. The van der Waals surface area contributed by atoms with Gasteiger partial charge in [-0.1, -0.05) is 19.8 Å². The molecule has 0 N–H and O–H groups in total. The van der Waals surface area contributed by atoms with Crippen molar-refractivity contribution in [2.75, 3.05) is 7.11 Å². The van der Waals surface area contributed by atoms with E-state index in [1.807, 2.05) is 0 Å². The van der Waals surface area contributed by atoms with E-state index in [1.54, 1.807) is 0 Å². The van der Waals surface area contributed by atoms with Crippen molar-refractivity contribution in [3.05, 3.63) is 18.2 Å². The molecule has 5 heteroatoms. The van der Waals surface area contributed by atoms with Gasteiger partial charge < -0.3 is 21.7 Å². The number of carbonyl (C=O) groups excluding carboxylic acids is 1. The third kappa shape index (κ3) is 6.55. The summed E-state index contributed by atoms with van der Waals surface area (Å²) < 4.78 is 9.16. The van der Waals surface area contributed by atoms with Crippen LogP contribution in [0.15, 0.2) is 12.5 Å². The highest BCUT2D eigenvalue weighted by Crippen LogP contribution is 2.03. The van der Waals surface area contributed by atoms with Crippen LogP contribution >= 0.6 is 0 Å². The molecule has 0 aromatic carbocycles. The Labute approximate surface area is 132 Å². The van der Waals surface area contributed by atoms with Gasteiger partial charge in [-0.3, -0.25) is 4.79 Å². The normalized spacial score (nSPS) is 10.2. The zero-order valence-electron chi connectivity index (χ0n) is 12.9. The standard InChI is InChI=1S/C15H27N2O2.BrH/c1-4-6-7-8-11-17-13-16(5-2)12-14(17)9-10-15(18)19-3;/h12-13H,4-11H2,1-3H3;1H/q+1;/p-1. The molecule has 0 aliphatic carbocycles. The lowest BCUT2D eigenvalue weighted by atomic mass is 10.2. The van der Waals surface area contributed by atoms with Crippen LogP contribution in [0.4, 0.5) is 0 Å². The fourth-order valence-corrected chi connectivity index (χ4v) is 2.18. The Kier molecular flexibility index (Phi) is 10.4. The molecule has 0 unspecified atom stereocenters. The molecule has 0 aliphatic heterocycles. The molecule has 20 heavy (non-hydrogen) atoms. The predicted octanol–water partition coefficient (Wildman–Crippen LogP) is -0.515. The van der Waals surface area contributed by atoms with Crippen molar-refractivity contribution in [1.29, 1.82) is 0 Å². The maximum Gasteiger partial charge on any atom is 0.305 e. The van der Waals surface area contributed by atoms with Crippen LogP contribution in [0.2, 0.25) is 0 Å². The first kappa shape index (κ1) is 19.2. The molecule has 116 valence electrons. The van der Waals surface area contributed by atoms with E-state index < -0.39 is 0 Å². The summed E-state index contributed by atoms with van der Waals surface area (Å²) in [6.07, 6.45) is 10.5. The van der Waals surface area contributed by atoms with Crippen molar-refractivity contribution in [2.24, 2.45) is 0 Å². The second-order valence-electron chi connectivity index (χ2n) is 4.90. The zero-order chi connectivity index (χ0) is 14.1. The van der Waals surface area contributed by atoms with E-state index in [-0.39, 0.29) is 23.0 Å². The number of aryl methyl sites for hydroxylation is 3. The van der Waals surface area contributed by atoms with Crippen molar-refractivity contribution in [3.8, 4) is 0 Å². The fourth-order valence-electron chi connectivity index (χ4n) is 2.18. The third-order valence-corrected chi connectivity index (χ3v) is 3.40. The molecular formula is C15H27BrN2O2. The molecular weight excluding hydrogens is 320 g/mol. The van der Waals surface area contributed by atoms with Gasteiger partial charge >= 0.3 is 5.97 Å². The Hall–Kier alpha value is -0.840. The maximum absolute atomic E-state index is 11.2. The quantitative estimate of drug-likeness (QED) is 0.343. The number of hydrogen-bond acceptors (Lipinski definition) is 2. The molecule has 1 rings (SSSR count). The lowest BCUT2D eigenvalue weighted by molar-refractivity contribution is -0.703. The maximum atomic E-state index is 11.2. The Morgan fingerprint density at radius 1 is 1.30 bits per heavy atom. The van der Waals surface area contributed by atoms with Crippen LogP contribution in [0.5, 0.6) is 0 Å². The first-order chi connectivity index (χ1) is 9.21. The van der Waals surface area contributed by atoms with Gasteiger partial charge in [0.1, 0.15) is 11.9 Å². The highest BCUT2D eigenvalue weighted by molar-refractivity contribution is 5.69. The summed E-state index contributed by atoms with van der Waals surface area (Å²) >= 11 is 0. The van der Waals surface area contributed by atoms with E-state index in [2.05, 4.69) is 35.5 Å². The number of ether oxygens (including phenoxy) is 1. The van der Waals surface area contributed by atoms with E-state index in [0.717, 1.165) is 19.5 Å². The van der Waals surface area contributed by atoms with Crippen molar-refractivity contribution in [1.82, 2.24) is 4.57 Å². The highest BCUT2D eigenvalue weighted by atomic mass is 79.9. The fraction of sp³-hybridized carbons (Fsp3) is 0.733. The van der Waals surface area contributed by atoms with E-state index in [9.17, 15) is 4.79 Å². The second kappa shape index (κ2) is 10.9. The summed E-state index contributed by atoms with van der Waals surface area (Å²) in [5.74, 6) is -0.137. The first-order valence-electron chi connectivity index (χ1n) is 7.36. The SMILES string of the molecule is CCCCCC[n+]1cn(CC)cc1CCC(=O)OC.[Br-]. The molecule has 1 aromatic heterocycles. The van der Waals surface area contributed by atoms with Crippen LogP contribution in [-0.4, -0.2) is 17.6 Å². The number of methoxy groups -OCH3 is 1. The minimum atomic E-state index is -0.137. The topological polar surface area (TPSA) is 35.1 Å². The Morgan fingerprint density at radius 3 is 2.65 bits per heavy atom. The van der Waals surface area contributed by atoms with Crippen molar-refractivity contribution < 1.29 is 31.1 Å². The van der Waals surface area contributed by atoms with Gasteiger partial charge in [-0.25, -0.2) is 9.13 Å². The zero-order valence-corrected chi connectivity index (χ0v) is 14.5. The molecule has 0 atom stereocenters. The summed E-state index contributed by atoms with van der Waals surface area (Å²) in [6.45, 7) is 6.37.